The van der Waals surface area contributed by atoms with Gasteiger partial charge in [-0.3, -0.25) is 0 Å². The Morgan fingerprint density at radius 1 is 0.875 bits per heavy atom. The molecule has 0 saturated heterocycles. The third kappa shape index (κ3) is 2.06. The number of hydrogen-bond acceptors (Lipinski definition) is 2. The maximum Gasteiger partial charge on any atom is 0.0850 e. The van der Waals surface area contributed by atoms with Crippen molar-refractivity contribution in [1.82, 2.24) is 0 Å². The Morgan fingerprint density at radius 3 is 2.00 bits per heavy atom. The van der Waals surface area contributed by atoms with Crippen molar-refractivity contribution in [3.8, 4) is 11.1 Å². The molecule has 2 heteroatoms. The molecule has 1 N–H and O–H groups in total. The van der Waals surface area contributed by atoms with Gasteiger partial charge in [0.2, 0.25) is 0 Å². The van der Waals surface area contributed by atoms with E-state index in [1.54, 1.807) is 0 Å². The zero-order valence-electron chi connectivity index (χ0n) is 8.85. The zero-order valence-corrected chi connectivity index (χ0v) is 8.85. The number of nitrogens with one attached hydrogen (secondary N) is 1. The Kier molecular flexibility index (Phi) is 2.92. The van der Waals surface area contributed by atoms with Gasteiger partial charge in [0.15, 0.2) is 0 Å². The first kappa shape index (κ1) is 10.3. The molecule has 0 heterocycles. The summed E-state index contributed by atoms with van der Waals surface area (Å²) in [6, 6.07) is 18.1. The second-order valence-corrected chi connectivity index (χ2v) is 3.50. The Bertz CT molecular complexity index is 498. The molecule has 2 rings (SSSR count). The van der Waals surface area contributed by atoms with Crippen LogP contribution in [0, 0.1) is 5.53 Å². The first-order valence-electron chi connectivity index (χ1n) is 5.03. The summed E-state index contributed by atoms with van der Waals surface area (Å²) in [6.45, 7) is 3.69. The van der Waals surface area contributed by atoms with Gasteiger partial charge in [0.1, 0.15) is 0 Å². The van der Waals surface area contributed by atoms with Crippen LogP contribution in [0.15, 0.2) is 66.3 Å². The molecule has 0 aromatic heterocycles. The van der Waals surface area contributed by atoms with E-state index in [1.165, 1.54) is 5.56 Å². The van der Waals surface area contributed by atoms with Crippen LogP contribution < -0.4 is 0 Å². The zero-order chi connectivity index (χ0) is 11.4. The molecule has 0 aliphatic rings. The topological polar surface area (TPSA) is 36.2 Å². The van der Waals surface area contributed by atoms with Gasteiger partial charge >= 0.3 is 0 Å². The van der Waals surface area contributed by atoms with Crippen LogP contribution in [0.4, 0.5) is 0 Å². The van der Waals surface area contributed by atoms with E-state index in [4.69, 9.17) is 5.53 Å². The quantitative estimate of drug-likeness (QED) is 0.728. The molecule has 0 aliphatic heterocycles. The average Bonchev–Trinajstić information content (AvgIpc) is 2.39. The highest BCUT2D eigenvalue weighted by Gasteiger charge is 1.99. The molecule has 2 aromatic rings. The van der Waals surface area contributed by atoms with Gasteiger partial charge in [0.25, 0.3) is 0 Å². The molecule has 0 fully saturated rings. The van der Waals surface area contributed by atoms with Crippen LogP contribution >= 0.6 is 0 Å². The van der Waals surface area contributed by atoms with E-state index in [1.807, 2.05) is 42.5 Å². The molecule has 2 aromatic carbocycles. The molecular weight excluding hydrogens is 196 g/mol. The van der Waals surface area contributed by atoms with Crippen molar-refractivity contribution in [1.29, 1.82) is 5.53 Å². The molecule has 0 spiro atoms. The highest BCUT2D eigenvalue weighted by atomic mass is 15.0. The largest absolute Gasteiger partial charge is 0.204 e. The Labute approximate surface area is 94.8 Å². The van der Waals surface area contributed by atoms with Crippen LogP contribution in [-0.4, -0.2) is 0 Å². The second kappa shape index (κ2) is 4.53. The summed E-state index contributed by atoms with van der Waals surface area (Å²) in [7, 11) is 0. The molecule has 0 amide bonds. The van der Waals surface area contributed by atoms with Gasteiger partial charge in [-0.1, -0.05) is 61.2 Å². The Morgan fingerprint density at radius 2 is 1.44 bits per heavy atom. The molecule has 0 radical (unpaired) electrons. The number of hydrogen-bond donors (Lipinski definition) is 1. The van der Waals surface area contributed by atoms with Gasteiger partial charge in [-0.2, -0.15) is 5.11 Å². The van der Waals surface area contributed by atoms with Gasteiger partial charge in [-0.25, -0.2) is 5.53 Å². The number of nitrogens with zero attached hydrogens (tertiary/aromatic N) is 1. The van der Waals surface area contributed by atoms with E-state index in [0.29, 0.717) is 5.70 Å². The molecular formula is C14H12N2. The lowest BCUT2D eigenvalue weighted by Crippen LogP contribution is -1.80. The average molecular weight is 208 g/mol. The molecule has 78 valence electrons. The van der Waals surface area contributed by atoms with Crippen molar-refractivity contribution in [2.24, 2.45) is 5.11 Å². The van der Waals surface area contributed by atoms with Crippen molar-refractivity contribution < 1.29 is 0 Å². The van der Waals surface area contributed by atoms with Gasteiger partial charge < -0.3 is 0 Å². The normalized spacial score (nSPS) is 9.75. The lowest BCUT2D eigenvalue weighted by Gasteiger charge is -2.03. The molecule has 0 bridgehead atoms. The van der Waals surface area contributed by atoms with E-state index in [2.05, 4.69) is 23.8 Å². The predicted octanol–water partition coefficient (Wildman–Crippen LogP) is 4.36. The summed E-state index contributed by atoms with van der Waals surface area (Å²) in [5, 5.41) is 3.32. The maximum atomic E-state index is 6.89. The summed E-state index contributed by atoms with van der Waals surface area (Å²) in [5.41, 5.74) is 10.6. The fourth-order valence-corrected chi connectivity index (χ4v) is 1.55. The smallest absolute Gasteiger partial charge is 0.0850 e. The first-order valence-corrected chi connectivity index (χ1v) is 5.03. The van der Waals surface area contributed by atoms with E-state index >= 15 is 0 Å². The number of benzene rings is 2. The highest BCUT2D eigenvalue weighted by molar-refractivity contribution is 5.68. The van der Waals surface area contributed by atoms with Crippen molar-refractivity contribution in [2.45, 2.75) is 0 Å². The number of rotatable bonds is 3. The van der Waals surface area contributed by atoms with Crippen LogP contribution in [0.5, 0.6) is 0 Å². The summed E-state index contributed by atoms with van der Waals surface area (Å²) in [4.78, 5) is 0. The molecule has 0 atom stereocenters. The minimum Gasteiger partial charge on any atom is -0.204 e. The van der Waals surface area contributed by atoms with Gasteiger partial charge in [-0.05, 0) is 11.1 Å². The summed E-state index contributed by atoms with van der Waals surface area (Å²) >= 11 is 0. The van der Waals surface area contributed by atoms with Gasteiger partial charge in [0, 0.05) is 5.56 Å². The van der Waals surface area contributed by atoms with Crippen molar-refractivity contribution in [3.05, 3.63) is 66.7 Å². The molecule has 16 heavy (non-hydrogen) atoms. The van der Waals surface area contributed by atoms with Crippen LogP contribution in [0.25, 0.3) is 16.8 Å². The molecule has 0 unspecified atom stereocenters. The van der Waals surface area contributed by atoms with Crippen LogP contribution in [-0.2, 0) is 0 Å². The van der Waals surface area contributed by atoms with Crippen molar-refractivity contribution >= 4 is 5.70 Å². The van der Waals surface area contributed by atoms with E-state index in [-0.39, 0.29) is 0 Å². The molecule has 2 nitrogen and oxygen atoms in total. The minimum absolute atomic E-state index is 0.486. The second-order valence-electron chi connectivity index (χ2n) is 3.50. The van der Waals surface area contributed by atoms with Gasteiger partial charge in [0.05, 0.1) is 5.70 Å². The predicted molar refractivity (Wildman–Crippen MR) is 66.1 cm³/mol. The van der Waals surface area contributed by atoms with Gasteiger partial charge in [-0.15, -0.1) is 0 Å². The first-order chi connectivity index (χ1) is 7.81. The van der Waals surface area contributed by atoms with Crippen LogP contribution in [0.2, 0.25) is 0 Å². The minimum atomic E-state index is 0.486. The maximum absolute atomic E-state index is 6.89. The summed E-state index contributed by atoms with van der Waals surface area (Å²) in [6.07, 6.45) is 0. The van der Waals surface area contributed by atoms with E-state index in [9.17, 15) is 0 Å². The lowest BCUT2D eigenvalue weighted by molar-refractivity contribution is 1.16. The fraction of sp³-hybridized carbons (Fsp3) is 0. The van der Waals surface area contributed by atoms with Crippen LogP contribution in [0.1, 0.15) is 5.56 Å². The third-order valence-corrected chi connectivity index (χ3v) is 2.46. The van der Waals surface area contributed by atoms with Crippen molar-refractivity contribution in [3.63, 3.8) is 0 Å². The SMILES string of the molecule is C=C(N=N)c1ccc(-c2ccccc2)cc1. The molecule has 0 saturated carbocycles. The Hall–Kier alpha value is -2.22. The fourth-order valence-electron chi connectivity index (χ4n) is 1.55. The highest BCUT2D eigenvalue weighted by Crippen LogP contribution is 2.21. The molecule has 0 aliphatic carbocycles. The standard InChI is InChI=1S/C14H12N2/c1-11(16-15)12-7-9-14(10-8-12)13-5-3-2-4-6-13/h2-10,15H,1H2. The van der Waals surface area contributed by atoms with Crippen LogP contribution in [0.3, 0.4) is 0 Å². The monoisotopic (exact) mass is 208 g/mol. The van der Waals surface area contributed by atoms with E-state index in [0.717, 1.165) is 11.1 Å². The summed E-state index contributed by atoms with van der Waals surface area (Å²) < 4.78 is 0. The van der Waals surface area contributed by atoms with Crippen molar-refractivity contribution in [2.75, 3.05) is 0 Å². The lowest BCUT2D eigenvalue weighted by atomic mass is 10.0. The third-order valence-electron chi connectivity index (χ3n) is 2.46. The Balaban J connectivity index is 2.33. The summed E-state index contributed by atoms with van der Waals surface area (Å²) in [5.74, 6) is 0. The van der Waals surface area contributed by atoms with E-state index < -0.39 is 0 Å².